The molecule has 1 nitrogen and oxygen atoms in total. The van der Waals surface area contributed by atoms with Crippen molar-refractivity contribution in [3.63, 3.8) is 0 Å². The maximum atomic E-state index is 13.4. The van der Waals surface area contributed by atoms with Gasteiger partial charge in [0.1, 0.15) is 11.6 Å². The quantitative estimate of drug-likeness (QED) is 0.817. The molecule has 0 saturated heterocycles. The zero-order valence-corrected chi connectivity index (χ0v) is 11.6. The SMILES string of the molecule is OC(Cc1c(F)cccc1F)c1csc(I)c1. The highest BCUT2D eigenvalue weighted by Crippen LogP contribution is 2.26. The van der Waals surface area contributed by atoms with Crippen LogP contribution in [0.1, 0.15) is 17.2 Å². The van der Waals surface area contributed by atoms with Gasteiger partial charge >= 0.3 is 0 Å². The minimum atomic E-state index is -0.874. The average Bonchev–Trinajstić information content (AvgIpc) is 2.70. The Kier molecular flexibility index (Phi) is 4.11. The second-order valence-electron chi connectivity index (χ2n) is 3.60. The molecule has 1 N–H and O–H groups in total. The topological polar surface area (TPSA) is 20.2 Å². The van der Waals surface area contributed by atoms with Crippen LogP contribution in [0.5, 0.6) is 0 Å². The molecule has 0 aliphatic heterocycles. The monoisotopic (exact) mass is 366 g/mol. The third-order valence-electron chi connectivity index (χ3n) is 2.43. The lowest BCUT2D eigenvalue weighted by atomic mass is 10.0. The van der Waals surface area contributed by atoms with Crippen molar-refractivity contribution >= 4 is 33.9 Å². The molecule has 1 aromatic heterocycles. The van der Waals surface area contributed by atoms with Gasteiger partial charge in [-0.1, -0.05) is 6.07 Å². The van der Waals surface area contributed by atoms with E-state index in [2.05, 4.69) is 22.6 Å². The van der Waals surface area contributed by atoms with E-state index in [1.165, 1.54) is 29.5 Å². The zero-order chi connectivity index (χ0) is 12.4. The Morgan fingerprint density at radius 3 is 2.47 bits per heavy atom. The van der Waals surface area contributed by atoms with Crippen LogP contribution in [0.15, 0.2) is 29.6 Å². The van der Waals surface area contributed by atoms with E-state index < -0.39 is 17.7 Å². The van der Waals surface area contributed by atoms with Crippen molar-refractivity contribution in [2.75, 3.05) is 0 Å². The predicted molar refractivity (Wildman–Crippen MR) is 72.1 cm³/mol. The van der Waals surface area contributed by atoms with Crippen LogP contribution in [0, 0.1) is 14.5 Å². The molecule has 2 aromatic rings. The van der Waals surface area contributed by atoms with Crippen molar-refractivity contribution in [1.82, 2.24) is 0 Å². The number of hydrogen-bond donors (Lipinski definition) is 1. The van der Waals surface area contributed by atoms with E-state index in [-0.39, 0.29) is 12.0 Å². The predicted octanol–water partition coefficient (Wildman–Crippen LogP) is 3.91. The fourth-order valence-corrected chi connectivity index (χ4v) is 2.96. The number of benzene rings is 1. The molecule has 0 amide bonds. The molecule has 5 heteroatoms. The Labute approximate surface area is 115 Å². The van der Waals surface area contributed by atoms with Crippen LogP contribution in [0.4, 0.5) is 8.78 Å². The Morgan fingerprint density at radius 2 is 1.94 bits per heavy atom. The third kappa shape index (κ3) is 3.02. The van der Waals surface area contributed by atoms with Crippen LogP contribution in [-0.2, 0) is 6.42 Å². The lowest BCUT2D eigenvalue weighted by Gasteiger charge is -2.10. The molecule has 1 heterocycles. The van der Waals surface area contributed by atoms with Crippen molar-refractivity contribution in [1.29, 1.82) is 0 Å². The van der Waals surface area contributed by atoms with E-state index in [4.69, 9.17) is 0 Å². The van der Waals surface area contributed by atoms with E-state index in [1.807, 2.05) is 6.07 Å². The number of aliphatic hydroxyl groups excluding tert-OH is 1. The maximum Gasteiger partial charge on any atom is 0.129 e. The Hall–Kier alpha value is -0.530. The number of hydrogen-bond acceptors (Lipinski definition) is 2. The first-order valence-electron chi connectivity index (χ1n) is 4.93. The van der Waals surface area contributed by atoms with E-state index in [9.17, 15) is 13.9 Å². The van der Waals surface area contributed by atoms with Gasteiger partial charge in [0.15, 0.2) is 0 Å². The van der Waals surface area contributed by atoms with Crippen LogP contribution in [0.2, 0.25) is 0 Å². The van der Waals surface area contributed by atoms with Gasteiger partial charge in [0.2, 0.25) is 0 Å². The van der Waals surface area contributed by atoms with Gasteiger partial charge in [-0.2, -0.15) is 0 Å². The summed E-state index contributed by atoms with van der Waals surface area (Å²) >= 11 is 3.63. The molecule has 0 fully saturated rings. The fourth-order valence-electron chi connectivity index (χ4n) is 1.54. The third-order valence-corrected chi connectivity index (χ3v) is 4.24. The van der Waals surface area contributed by atoms with Crippen molar-refractivity contribution in [3.05, 3.63) is 55.3 Å². The zero-order valence-electron chi connectivity index (χ0n) is 8.66. The second kappa shape index (κ2) is 5.41. The highest BCUT2D eigenvalue weighted by molar-refractivity contribution is 14.1. The van der Waals surface area contributed by atoms with E-state index in [0.29, 0.717) is 5.56 Å². The fraction of sp³-hybridized carbons (Fsp3) is 0.167. The summed E-state index contributed by atoms with van der Waals surface area (Å²) in [5, 5.41) is 11.7. The molecule has 0 saturated carbocycles. The standard InChI is InChI=1S/C12H9F2IOS/c13-9-2-1-3-10(14)8(9)5-11(16)7-4-12(15)17-6-7/h1-4,6,11,16H,5H2. The van der Waals surface area contributed by atoms with E-state index >= 15 is 0 Å². The summed E-state index contributed by atoms with van der Waals surface area (Å²) in [6, 6.07) is 5.52. The molecule has 1 unspecified atom stereocenters. The minimum Gasteiger partial charge on any atom is -0.388 e. The molecule has 90 valence electrons. The number of halogens is 3. The normalized spacial score (nSPS) is 12.7. The van der Waals surface area contributed by atoms with Gasteiger partial charge in [0.25, 0.3) is 0 Å². The maximum absolute atomic E-state index is 13.4. The number of thiophene rings is 1. The largest absolute Gasteiger partial charge is 0.388 e. The van der Waals surface area contributed by atoms with Gasteiger partial charge in [-0.3, -0.25) is 0 Å². The molecular formula is C12H9F2IOS. The molecule has 1 atom stereocenters. The highest BCUT2D eigenvalue weighted by atomic mass is 127. The minimum absolute atomic E-state index is 0.0503. The second-order valence-corrected chi connectivity index (χ2v) is 6.41. The first-order valence-corrected chi connectivity index (χ1v) is 6.88. The summed E-state index contributed by atoms with van der Waals surface area (Å²) in [4.78, 5) is 0. The van der Waals surface area contributed by atoms with E-state index in [1.54, 1.807) is 5.38 Å². The molecule has 0 bridgehead atoms. The molecule has 0 radical (unpaired) electrons. The number of rotatable bonds is 3. The van der Waals surface area contributed by atoms with Gasteiger partial charge in [0.05, 0.1) is 8.99 Å². The molecular weight excluding hydrogens is 357 g/mol. The van der Waals surface area contributed by atoms with Crippen LogP contribution in [0.3, 0.4) is 0 Å². The first kappa shape index (κ1) is 12.9. The summed E-state index contributed by atoms with van der Waals surface area (Å²) in [7, 11) is 0. The summed E-state index contributed by atoms with van der Waals surface area (Å²) in [5.41, 5.74) is 0.628. The summed E-state index contributed by atoms with van der Waals surface area (Å²) in [5.74, 6) is -1.23. The van der Waals surface area contributed by atoms with E-state index in [0.717, 1.165) is 2.88 Å². The van der Waals surface area contributed by atoms with Crippen LogP contribution in [-0.4, -0.2) is 5.11 Å². The smallest absolute Gasteiger partial charge is 0.129 e. The van der Waals surface area contributed by atoms with Crippen molar-refractivity contribution in [2.45, 2.75) is 12.5 Å². The number of aliphatic hydroxyl groups is 1. The lowest BCUT2D eigenvalue weighted by molar-refractivity contribution is 0.176. The first-order chi connectivity index (χ1) is 8.08. The van der Waals surface area contributed by atoms with Crippen molar-refractivity contribution < 1.29 is 13.9 Å². The van der Waals surface area contributed by atoms with Gasteiger partial charge in [-0.25, -0.2) is 8.78 Å². The van der Waals surface area contributed by atoms with Crippen molar-refractivity contribution in [3.8, 4) is 0 Å². The van der Waals surface area contributed by atoms with Gasteiger partial charge < -0.3 is 5.11 Å². The van der Waals surface area contributed by atoms with Gasteiger partial charge in [-0.15, -0.1) is 11.3 Å². The lowest BCUT2D eigenvalue weighted by Crippen LogP contribution is -2.04. The summed E-state index contributed by atoms with van der Waals surface area (Å²) in [6.07, 6.45) is -0.924. The average molecular weight is 366 g/mol. The Morgan fingerprint density at radius 1 is 1.29 bits per heavy atom. The van der Waals surface area contributed by atoms with Crippen LogP contribution < -0.4 is 0 Å². The Bertz CT molecular complexity index is 507. The molecule has 0 aliphatic carbocycles. The van der Waals surface area contributed by atoms with Gasteiger partial charge in [-0.05, 0) is 51.7 Å². The molecule has 2 rings (SSSR count). The molecule has 0 aliphatic rings. The molecule has 0 spiro atoms. The van der Waals surface area contributed by atoms with Gasteiger partial charge in [0, 0.05) is 12.0 Å². The Balaban J connectivity index is 2.21. The van der Waals surface area contributed by atoms with Crippen LogP contribution >= 0.6 is 33.9 Å². The summed E-state index contributed by atoms with van der Waals surface area (Å²) < 4.78 is 27.8. The highest BCUT2D eigenvalue weighted by Gasteiger charge is 2.16. The summed E-state index contributed by atoms with van der Waals surface area (Å²) in [6.45, 7) is 0. The van der Waals surface area contributed by atoms with Crippen LogP contribution in [0.25, 0.3) is 0 Å². The molecule has 1 aromatic carbocycles. The van der Waals surface area contributed by atoms with Crippen molar-refractivity contribution in [2.24, 2.45) is 0 Å². The molecule has 17 heavy (non-hydrogen) atoms.